The van der Waals surface area contributed by atoms with Gasteiger partial charge in [-0.1, -0.05) is 52.3 Å². The van der Waals surface area contributed by atoms with Crippen LogP contribution in [0.25, 0.3) is 71.4 Å². The Kier molecular flexibility index (Phi) is 3.53. The number of para-hydroxylation sites is 2. The van der Waals surface area contributed by atoms with Crippen LogP contribution in [0.5, 0.6) is 0 Å². The third kappa shape index (κ3) is 2.41. The molecule has 8 aromatic rings. The molecular formula is C30H16BrNO2. The molecule has 0 saturated carbocycles. The Bertz CT molecular complexity index is 2040. The lowest BCUT2D eigenvalue weighted by Crippen LogP contribution is -1.93. The average Bonchev–Trinajstić information content (AvgIpc) is 3.51. The van der Waals surface area contributed by atoms with Gasteiger partial charge >= 0.3 is 0 Å². The zero-order valence-electron chi connectivity index (χ0n) is 17.9. The van der Waals surface area contributed by atoms with Gasteiger partial charge in [0.2, 0.25) is 0 Å². The molecule has 0 saturated heterocycles. The molecule has 34 heavy (non-hydrogen) atoms. The molecule has 0 bridgehead atoms. The van der Waals surface area contributed by atoms with Crippen molar-refractivity contribution in [2.75, 3.05) is 0 Å². The largest absolute Gasteiger partial charge is 0.456 e. The van der Waals surface area contributed by atoms with E-state index in [0.717, 1.165) is 54.0 Å². The van der Waals surface area contributed by atoms with E-state index in [1.54, 1.807) is 0 Å². The minimum Gasteiger partial charge on any atom is -0.456 e. The zero-order chi connectivity index (χ0) is 22.4. The van der Waals surface area contributed by atoms with Gasteiger partial charge in [0.25, 0.3) is 0 Å². The summed E-state index contributed by atoms with van der Waals surface area (Å²) in [6.45, 7) is 0. The molecule has 0 amide bonds. The van der Waals surface area contributed by atoms with E-state index in [0.29, 0.717) is 0 Å². The highest BCUT2D eigenvalue weighted by atomic mass is 79.9. The predicted octanol–water partition coefficient (Wildman–Crippen LogP) is 9.34. The van der Waals surface area contributed by atoms with E-state index in [4.69, 9.17) is 8.83 Å². The summed E-state index contributed by atoms with van der Waals surface area (Å²) in [7, 11) is 0. The molecule has 8 rings (SSSR count). The van der Waals surface area contributed by atoms with Crippen LogP contribution in [0.1, 0.15) is 0 Å². The van der Waals surface area contributed by atoms with Crippen LogP contribution in [0.2, 0.25) is 0 Å². The highest BCUT2D eigenvalue weighted by Gasteiger charge is 2.16. The van der Waals surface area contributed by atoms with Crippen molar-refractivity contribution in [2.24, 2.45) is 0 Å². The van der Waals surface area contributed by atoms with E-state index in [1.165, 1.54) is 21.8 Å². The van der Waals surface area contributed by atoms with E-state index in [9.17, 15) is 0 Å². The van der Waals surface area contributed by atoms with Gasteiger partial charge in [-0.05, 0) is 54.6 Å². The monoisotopic (exact) mass is 501 g/mol. The smallest absolute Gasteiger partial charge is 0.139 e. The topological polar surface area (TPSA) is 31.2 Å². The van der Waals surface area contributed by atoms with Crippen LogP contribution in [-0.4, -0.2) is 4.57 Å². The third-order valence-corrected chi connectivity index (χ3v) is 7.34. The van der Waals surface area contributed by atoms with Crippen molar-refractivity contribution in [1.29, 1.82) is 0 Å². The van der Waals surface area contributed by atoms with Crippen LogP contribution in [0.15, 0.2) is 110 Å². The number of benzene rings is 5. The fourth-order valence-electron chi connectivity index (χ4n) is 5.35. The summed E-state index contributed by atoms with van der Waals surface area (Å²) < 4.78 is 15.7. The molecule has 0 aliphatic rings. The standard InChI is InChI=1S/C30H16BrNO2/c31-17-9-11-27-21(13-17)23-15-24-22-14-18(10-12-28(22)34-30(24)16-29(23)33-27)32-25-7-3-1-5-19(25)20-6-2-4-8-26(20)32/h1-16H. The molecule has 4 heteroatoms. The first kappa shape index (κ1) is 18.4. The van der Waals surface area contributed by atoms with Gasteiger partial charge in [0.05, 0.1) is 11.0 Å². The summed E-state index contributed by atoms with van der Waals surface area (Å²) in [6, 6.07) is 33.9. The lowest BCUT2D eigenvalue weighted by atomic mass is 10.1. The lowest BCUT2D eigenvalue weighted by molar-refractivity contribution is 0.656. The maximum atomic E-state index is 6.25. The second kappa shape index (κ2) is 6.52. The first-order valence-corrected chi connectivity index (χ1v) is 12.0. The van der Waals surface area contributed by atoms with E-state index < -0.39 is 0 Å². The molecule has 0 aliphatic heterocycles. The van der Waals surface area contributed by atoms with Crippen molar-refractivity contribution in [2.45, 2.75) is 0 Å². The minimum atomic E-state index is 0.833. The van der Waals surface area contributed by atoms with Crippen LogP contribution in [0, 0.1) is 0 Å². The molecular weight excluding hydrogens is 486 g/mol. The highest BCUT2D eigenvalue weighted by Crippen LogP contribution is 2.39. The third-order valence-electron chi connectivity index (χ3n) is 6.84. The van der Waals surface area contributed by atoms with E-state index in [2.05, 4.69) is 99.4 Å². The van der Waals surface area contributed by atoms with Crippen LogP contribution in [-0.2, 0) is 0 Å². The Morgan fingerprint density at radius 3 is 1.71 bits per heavy atom. The number of hydrogen-bond acceptors (Lipinski definition) is 2. The van der Waals surface area contributed by atoms with Crippen molar-refractivity contribution in [3.8, 4) is 5.69 Å². The molecule has 0 fully saturated rings. The van der Waals surface area contributed by atoms with Gasteiger partial charge < -0.3 is 13.4 Å². The quantitative estimate of drug-likeness (QED) is 0.224. The van der Waals surface area contributed by atoms with Crippen LogP contribution >= 0.6 is 15.9 Å². The van der Waals surface area contributed by atoms with Gasteiger partial charge in [-0.3, -0.25) is 0 Å². The molecule has 0 spiro atoms. The Hall–Kier alpha value is -4.02. The van der Waals surface area contributed by atoms with Crippen LogP contribution < -0.4 is 0 Å². The van der Waals surface area contributed by atoms with Gasteiger partial charge in [-0.25, -0.2) is 0 Å². The average molecular weight is 502 g/mol. The van der Waals surface area contributed by atoms with Crippen molar-refractivity contribution < 1.29 is 8.83 Å². The molecule has 0 radical (unpaired) electrons. The number of rotatable bonds is 1. The van der Waals surface area contributed by atoms with E-state index in [-0.39, 0.29) is 0 Å². The fourth-order valence-corrected chi connectivity index (χ4v) is 5.71. The van der Waals surface area contributed by atoms with Crippen LogP contribution in [0.3, 0.4) is 0 Å². The van der Waals surface area contributed by atoms with Crippen LogP contribution in [0.4, 0.5) is 0 Å². The Labute approximate surface area is 201 Å². The first-order valence-electron chi connectivity index (χ1n) is 11.2. The van der Waals surface area contributed by atoms with Crippen molar-refractivity contribution in [3.05, 3.63) is 102 Å². The minimum absolute atomic E-state index is 0.833. The molecule has 160 valence electrons. The number of nitrogens with zero attached hydrogens (tertiary/aromatic N) is 1. The highest BCUT2D eigenvalue weighted by molar-refractivity contribution is 9.10. The normalized spacial score (nSPS) is 12.3. The second-order valence-electron chi connectivity index (χ2n) is 8.74. The summed E-state index contributed by atoms with van der Waals surface area (Å²) in [5.41, 5.74) is 6.93. The zero-order valence-corrected chi connectivity index (χ0v) is 19.5. The Morgan fingerprint density at radius 1 is 0.471 bits per heavy atom. The number of aromatic nitrogens is 1. The second-order valence-corrected chi connectivity index (χ2v) is 9.65. The molecule has 0 unspecified atom stereocenters. The van der Waals surface area contributed by atoms with Crippen molar-refractivity contribution in [1.82, 2.24) is 4.57 Å². The summed E-state index contributed by atoms with van der Waals surface area (Å²) in [5, 5.41) is 6.89. The van der Waals surface area contributed by atoms with Crippen molar-refractivity contribution in [3.63, 3.8) is 0 Å². The molecule has 0 N–H and O–H groups in total. The fraction of sp³-hybridized carbons (Fsp3) is 0. The number of halogens is 1. The summed E-state index contributed by atoms with van der Waals surface area (Å²) in [4.78, 5) is 0. The van der Waals surface area contributed by atoms with E-state index >= 15 is 0 Å². The molecule has 0 aliphatic carbocycles. The summed E-state index contributed by atoms with van der Waals surface area (Å²) in [6.07, 6.45) is 0. The van der Waals surface area contributed by atoms with Gasteiger partial charge in [0, 0.05) is 48.5 Å². The van der Waals surface area contributed by atoms with Gasteiger partial charge in [0.15, 0.2) is 0 Å². The van der Waals surface area contributed by atoms with Gasteiger partial charge in [-0.15, -0.1) is 0 Å². The molecule has 3 nitrogen and oxygen atoms in total. The molecule has 3 heterocycles. The Morgan fingerprint density at radius 2 is 1.03 bits per heavy atom. The molecule has 5 aromatic carbocycles. The van der Waals surface area contributed by atoms with E-state index in [1.807, 2.05) is 18.2 Å². The van der Waals surface area contributed by atoms with Gasteiger partial charge in [0.1, 0.15) is 22.3 Å². The SMILES string of the molecule is Brc1ccc2oc3cc4oc5ccc(-n6c7ccccc7c7ccccc76)cc5c4cc3c2c1. The molecule has 3 aromatic heterocycles. The van der Waals surface area contributed by atoms with Crippen molar-refractivity contribution >= 4 is 81.6 Å². The first-order chi connectivity index (χ1) is 16.7. The maximum Gasteiger partial charge on any atom is 0.139 e. The summed E-state index contributed by atoms with van der Waals surface area (Å²) in [5.74, 6) is 0. The molecule has 0 atom stereocenters. The number of hydrogen-bond donors (Lipinski definition) is 0. The number of fused-ring (bicyclic) bond motifs is 9. The lowest BCUT2D eigenvalue weighted by Gasteiger charge is -2.07. The number of furan rings is 2. The summed E-state index contributed by atoms with van der Waals surface area (Å²) >= 11 is 3.59. The Balaban J connectivity index is 1.46. The predicted molar refractivity (Wildman–Crippen MR) is 143 cm³/mol. The maximum absolute atomic E-state index is 6.25. The van der Waals surface area contributed by atoms with Gasteiger partial charge in [-0.2, -0.15) is 0 Å².